The van der Waals surface area contributed by atoms with Gasteiger partial charge in [0.05, 0.1) is 25.9 Å². The largest absolute Gasteiger partial charge is 0.508 e. The highest BCUT2D eigenvalue weighted by Crippen LogP contribution is 2.45. The molecule has 0 aliphatic carbocycles. The Morgan fingerprint density at radius 2 is 1.66 bits per heavy atom. The van der Waals surface area contributed by atoms with E-state index in [1.54, 1.807) is 0 Å². The standard InChI is InChI=1S/C27H30O14/c1-37-16-7-13(31)18-12(30)6-15(10-2-4-11(29)5-3-10)39-24(18)19(16)25-26(22(35)21(34)17(8-28)40-25)41-27-23(36)20(33)14(32)9-38-27/h2-7,14,17,20-23,25-29,31-36H,8-9H2,1H3/t14-,17-,20-,21-,22+,23-,25+,26+,27-/m1/s1. The van der Waals surface area contributed by atoms with Crippen LogP contribution in [0.1, 0.15) is 11.7 Å². The second-order valence-corrected chi connectivity index (χ2v) is 9.85. The van der Waals surface area contributed by atoms with Crippen LogP contribution >= 0.6 is 0 Å². The Bertz CT molecular complexity index is 1440. The van der Waals surface area contributed by atoms with Gasteiger partial charge in [-0.1, -0.05) is 0 Å². The maximum Gasteiger partial charge on any atom is 0.197 e. The molecule has 0 amide bonds. The van der Waals surface area contributed by atoms with Crippen molar-refractivity contribution in [2.75, 3.05) is 20.3 Å². The number of ether oxygens (including phenoxy) is 4. The highest BCUT2D eigenvalue weighted by Gasteiger charge is 2.50. The van der Waals surface area contributed by atoms with Gasteiger partial charge in [0.25, 0.3) is 0 Å². The number of methoxy groups -OCH3 is 1. The van der Waals surface area contributed by atoms with E-state index in [0.29, 0.717) is 5.56 Å². The minimum Gasteiger partial charge on any atom is -0.508 e. The number of fused-ring (bicyclic) bond motifs is 1. The van der Waals surface area contributed by atoms with E-state index in [2.05, 4.69) is 0 Å². The van der Waals surface area contributed by atoms with Crippen molar-refractivity contribution in [3.8, 4) is 28.6 Å². The van der Waals surface area contributed by atoms with Crippen LogP contribution in [0.5, 0.6) is 17.2 Å². The summed E-state index contributed by atoms with van der Waals surface area (Å²) in [6.07, 6.45) is -14.4. The first-order valence-electron chi connectivity index (χ1n) is 12.7. The fourth-order valence-electron chi connectivity index (χ4n) is 5.05. The molecule has 14 nitrogen and oxygen atoms in total. The quantitative estimate of drug-likeness (QED) is 0.173. The Morgan fingerprint density at radius 1 is 0.951 bits per heavy atom. The zero-order chi connectivity index (χ0) is 29.6. The van der Waals surface area contributed by atoms with E-state index in [1.165, 1.54) is 31.4 Å². The molecule has 2 saturated heterocycles. The summed E-state index contributed by atoms with van der Waals surface area (Å²) in [5.41, 5.74) is -0.566. The number of aromatic hydroxyl groups is 2. The van der Waals surface area contributed by atoms with Crippen LogP contribution < -0.4 is 10.2 Å². The lowest BCUT2D eigenvalue weighted by Gasteiger charge is -2.45. The van der Waals surface area contributed by atoms with Gasteiger partial charge in [-0.05, 0) is 24.3 Å². The number of hydrogen-bond donors (Lipinski definition) is 8. The van der Waals surface area contributed by atoms with Crippen LogP contribution in [0.3, 0.4) is 0 Å². The molecule has 3 aromatic rings. The number of phenols is 2. The van der Waals surface area contributed by atoms with E-state index >= 15 is 0 Å². The Hall–Kier alpha value is -3.31. The molecule has 0 spiro atoms. The zero-order valence-electron chi connectivity index (χ0n) is 21.6. The minimum absolute atomic E-state index is 0.0279. The third-order valence-corrected chi connectivity index (χ3v) is 7.25. The summed E-state index contributed by atoms with van der Waals surface area (Å²) in [6.45, 7) is -1.16. The van der Waals surface area contributed by atoms with Gasteiger partial charge in [0, 0.05) is 17.7 Å². The number of benzene rings is 2. The van der Waals surface area contributed by atoms with Gasteiger partial charge in [-0.3, -0.25) is 4.79 Å². The molecule has 2 aliphatic rings. The molecule has 8 N–H and O–H groups in total. The summed E-state index contributed by atoms with van der Waals surface area (Å²) in [4.78, 5) is 13.2. The Morgan fingerprint density at radius 3 is 2.32 bits per heavy atom. The SMILES string of the molecule is COc1cc(O)c2c(=O)cc(-c3ccc(O)cc3)oc2c1[C@@H]1O[C@H](CO)[C@@H](O)[C@H](O)[C@@H]1O[C@H]1OC[C@@H](O)[C@@H](O)[C@H]1O. The third kappa shape index (κ3) is 5.25. The van der Waals surface area contributed by atoms with Gasteiger partial charge < -0.3 is 64.2 Å². The molecule has 0 saturated carbocycles. The molecule has 1 aromatic heterocycles. The molecule has 222 valence electrons. The summed E-state index contributed by atoms with van der Waals surface area (Å²) in [6, 6.07) is 7.99. The highest BCUT2D eigenvalue weighted by molar-refractivity contribution is 5.89. The van der Waals surface area contributed by atoms with E-state index in [1.807, 2.05) is 0 Å². The number of aliphatic hydroxyl groups is 6. The predicted molar refractivity (Wildman–Crippen MR) is 137 cm³/mol. The molecule has 2 fully saturated rings. The second-order valence-electron chi connectivity index (χ2n) is 9.85. The second kappa shape index (κ2) is 11.5. The average Bonchev–Trinajstić information content (AvgIpc) is 2.95. The van der Waals surface area contributed by atoms with Crippen molar-refractivity contribution in [2.24, 2.45) is 0 Å². The Balaban J connectivity index is 1.69. The number of phenolic OH excluding ortho intramolecular Hbond substituents is 2. The molecule has 2 aromatic carbocycles. The van der Waals surface area contributed by atoms with Gasteiger partial charge in [-0.15, -0.1) is 0 Å². The molecule has 0 unspecified atom stereocenters. The smallest absolute Gasteiger partial charge is 0.197 e. The summed E-state index contributed by atoms with van der Waals surface area (Å²) in [7, 11) is 1.26. The van der Waals surface area contributed by atoms with Crippen molar-refractivity contribution in [3.05, 3.63) is 52.2 Å². The molecule has 3 heterocycles. The maximum absolute atomic E-state index is 13.2. The van der Waals surface area contributed by atoms with Crippen LogP contribution in [0.2, 0.25) is 0 Å². The Labute approximate surface area is 231 Å². The molecule has 2 aliphatic heterocycles. The van der Waals surface area contributed by atoms with Gasteiger partial charge in [0.1, 0.15) is 77.2 Å². The summed E-state index contributed by atoms with van der Waals surface area (Å²) in [5.74, 6) is -0.574. The van der Waals surface area contributed by atoms with Gasteiger partial charge >= 0.3 is 0 Å². The number of rotatable bonds is 6. The molecule has 9 atom stereocenters. The lowest BCUT2D eigenvalue weighted by molar-refractivity contribution is -0.325. The van der Waals surface area contributed by atoms with Gasteiger partial charge in [0.2, 0.25) is 0 Å². The predicted octanol–water partition coefficient (Wildman–Crippen LogP) is -1.14. The van der Waals surface area contributed by atoms with Crippen molar-refractivity contribution in [1.29, 1.82) is 0 Å². The zero-order valence-corrected chi connectivity index (χ0v) is 21.6. The van der Waals surface area contributed by atoms with Gasteiger partial charge in [-0.2, -0.15) is 0 Å². The molecule has 41 heavy (non-hydrogen) atoms. The van der Waals surface area contributed by atoms with Crippen molar-refractivity contribution >= 4 is 11.0 Å². The van der Waals surface area contributed by atoms with Crippen LogP contribution in [0.25, 0.3) is 22.3 Å². The molecular weight excluding hydrogens is 548 g/mol. The van der Waals surface area contributed by atoms with Crippen molar-refractivity contribution in [3.63, 3.8) is 0 Å². The van der Waals surface area contributed by atoms with Crippen LogP contribution in [0.15, 0.2) is 45.6 Å². The topological polar surface area (TPSA) is 229 Å². The first-order chi connectivity index (χ1) is 19.5. The first-order valence-corrected chi connectivity index (χ1v) is 12.7. The summed E-state index contributed by atoms with van der Waals surface area (Å²) >= 11 is 0. The van der Waals surface area contributed by atoms with Crippen molar-refractivity contribution in [2.45, 2.75) is 55.1 Å². The van der Waals surface area contributed by atoms with E-state index < -0.39 is 79.5 Å². The molecule has 5 rings (SSSR count). The monoisotopic (exact) mass is 578 g/mol. The number of aliphatic hydroxyl groups excluding tert-OH is 6. The molecule has 0 bridgehead atoms. The fraction of sp³-hybridized carbons (Fsp3) is 0.444. The number of hydrogen-bond acceptors (Lipinski definition) is 14. The van der Waals surface area contributed by atoms with Gasteiger partial charge in [-0.25, -0.2) is 0 Å². The van der Waals surface area contributed by atoms with Crippen LogP contribution in [-0.2, 0) is 14.2 Å². The van der Waals surface area contributed by atoms with Crippen molar-refractivity contribution < 1.29 is 64.2 Å². The van der Waals surface area contributed by atoms with E-state index in [-0.39, 0.29) is 33.8 Å². The molecule has 14 heteroatoms. The summed E-state index contributed by atoms with van der Waals surface area (Å²) in [5, 5.41) is 82.1. The van der Waals surface area contributed by atoms with Crippen LogP contribution in [-0.4, -0.2) is 110 Å². The third-order valence-electron chi connectivity index (χ3n) is 7.25. The summed E-state index contributed by atoms with van der Waals surface area (Å²) < 4.78 is 28.6. The van der Waals surface area contributed by atoms with E-state index in [4.69, 9.17) is 23.4 Å². The van der Waals surface area contributed by atoms with Crippen LogP contribution in [0, 0.1) is 0 Å². The first kappa shape index (κ1) is 29.2. The van der Waals surface area contributed by atoms with Crippen LogP contribution in [0.4, 0.5) is 0 Å². The molecular formula is C27H30O14. The van der Waals surface area contributed by atoms with Crippen molar-refractivity contribution in [1.82, 2.24) is 0 Å². The minimum atomic E-state index is -1.79. The lowest BCUT2D eigenvalue weighted by Crippen LogP contribution is -2.60. The molecule has 0 radical (unpaired) electrons. The Kier molecular flexibility index (Phi) is 8.20. The van der Waals surface area contributed by atoms with E-state index in [9.17, 15) is 45.6 Å². The normalized spacial score (nSPS) is 32.2. The average molecular weight is 579 g/mol. The lowest BCUT2D eigenvalue weighted by atomic mass is 9.89. The highest BCUT2D eigenvalue weighted by atomic mass is 16.7. The van der Waals surface area contributed by atoms with E-state index in [0.717, 1.165) is 12.1 Å². The maximum atomic E-state index is 13.2. The fourth-order valence-corrected chi connectivity index (χ4v) is 5.05. The van der Waals surface area contributed by atoms with Gasteiger partial charge in [0.15, 0.2) is 17.3 Å².